The van der Waals surface area contributed by atoms with Crippen molar-refractivity contribution in [3.8, 4) is 0 Å². The molecule has 1 atom stereocenters. The molecule has 1 saturated carbocycles. The van der Waals surface area contributed by atoms with E-state index in [0.29, 0.717) is 18.5 Å². The Morgan fingerprint density at radius 2 is 1.75 bits per heavy atom. The van der Waals surface area contributed by atoms with Gasteiger partial charge >= 0.3 is 12.1 Å². The molecule has 20 heavy (non-hydrogen) atoms. The van der Waals surface area contributed by atoms with Gasteiger partial charge in [-0.1, -0.05) is 12.1 Å². The third-order valence-corrected chi connectivity index (χ3v) is 3.42. The summed E-state index contributed by atoms with van der Waals surface area (Å²) in [6.07, 6.45) is -2.02. The molecule has 0 heterocycles. The molecule has 1 unspecified atom stereocenters. The van der Waals surface area contributed by atoms with Gasteiger partial charge in [-0.15, -0.1) is 0 Å². The lowest BCUT2D eigenvalue weighted by molar-refractivity contribution is -0.184. The first-order valence-corrected chi connectivity index (χ1v) is 6.50. The van der Waals surface area contributed by atoms with E-state index in [9.17, 15) is 18.0 Å². The number of nitrogens with two attached hydrogens (primary N) is 1. The normalized spacial score (nSPS) is 17.9. The summed E-state index contributed by atoms with van der Waals surface area (Å²) in [7, 11) is 0. The molecule has 0 amide bonds. The maximum absolute atomic E-state index is 13.1. The second-order valence-corrected chi connectivity index (χ2v) is 4.98. The van der Waals surface area contributed by atoms with Gasteiger partial charge in [-0.3, -0.25) is 4.79 Å². The van der Waals surface area contributed by atoms with Gasteiger partial charge < -0.3 is 10.5 Å². The Bertz CT molecular complexity index is 464. The SMILES string of the molecule is Nc1ccc(C(C(=O)OC2CCCC2)C(F)(F)F)cc1. The van der Waals surface area contributed by atoms with Crippen LogP contribution in [-0.4, -0.2) is 18.2 Å². The number of hydrogen-bond donors (Lipinski definition) is 1. The fourth-order valence-electron chi connectivity index (χ4n) is 2.39. The van der Waals surface area contributed by atoms with Crippen molar-refractivity contribution in [3.63, 3.8) is 0 Å². The smallest absolute Gasteiger partial charge is 0.406 e. The van der Waals surface area contributed by atoms with Gasteiger partial charge in [0, 0.05) is 5.69 Å². The van der Waals surface area contributed by atoms with Crippen LogP contribution in [0.3, 0.4) is 0 Å². The van der Waals surface area contributed by atoms with Crippen LogP contribution in [0.25, 0.3) is 0 Å². The Kier molecular flexibility index (Phi) is 4.20. The van der Waals surface area contributed by atoms with E-state index >= 15 is 0 Å². The van der Waals surface area contributed by atoms with Gasteiger partial charge in [0.05, 0.1) is 0 Å². The highest BCUT2D eigenvalue weighted by molar-refractivity contribution is 5.79. The van der Waals surface area contributed by atoms with Crippen molar-refractivity contribution >= 4 is 11.7 Å². The molecular weight excluding hydrogens is 271 g/mol. The number of ether oxygens (including phenoxy) is 1. The van der Waals surface area contributed by atoms with Crippen molar-refractivity contribution in [1.82, 2.24) is 0 Å². The van der Waals surface area contributed by atoms with Gasteiger partial charge in [-0.05, 0) is 43.4 Å². The van der Waals surface area contributed by atoms with Gasteiger partial charge in [0.15, 0.2) is 5.92 Å². The molecule has 1 fully saturated rings. The lowest BCUT2D eigenvalue weighted by atomic mass is 9.98. The summed E-state index contributed by atoms with van der Waals surface area (Å²) in [5.41, 5.74) is 5.65. The van der Waals surface area contributed by atoms with E-state index in [1.165, 1.54) is 24.3 Å². The van der Waals surface area contributed by atoms with Gasteiger partial charge in [0.2, 0.25) is 0 Å². The summed E-state index contributed by atoms with van der Waals surface area (Å²) >= 11 is 0. The van der Waals surface area contributed by atoms with Crippen LogP contribution < -0.4 is 5.73 Å². The summed E-state index contributed by atoms with van der Waals surface area (Å²) in [5, 5.41) is 0. The summed E-state index contributed by atoms with van der Waals surface area (Å²) in [5.74, 6) is -3.47. The first kappa shape index (κ1) is 14.7. The number of nitrogen functional groups attached to an aromatic ring is 1. The minimum Gasteiger partial charge on any atom is -0.462 e. The third kappa shape index (κ3) is 3.43. The molecule has 0 saturated heterocycles. The van der Waals surface area contributed by atoms with E-state index in [4.69, 9.17) is 10.5 Å². The zero-order valence-electron chi connectivity index (χ0n) is 10.8. The van der Waals surface area contributed by atoms with E-state index in [-0.39, 0.29) is 11.7 Å². The molecule has 1 aromatic carbocycles. The second kappa shape index (κ2) is 5.73. The molecule has 0 radical (unpaired) electrons. The summed E-state index contributed by atoms with van der Waals surface area (Å²) in [4.78, 5) is 11.9. The summed E-state index contributed by atoms with van der Waals surface area (Å²) in [6.45, 7) is 0. The molecule has 1 aromatic rings. The number of esters is 1. The van der Waals surface area contributed by atoms with Crippen LogP contribution >= 0.6 is 0 Å². The number of anilines is 1. The Hall–Kier alpha value is -1.72. The van der Waals surface area contributed by atoms with Gasteiger partial charge in [-0.25, -0.2) is 0 Å². The molecule has 0 aromatic heterocycles. The lowest BCUT2D eigenvalue weighted by Crippen LogP contribution is -2.32. The van der Waals surface area contributed by atoms with E-state index in [2.05, 4.69) is 0 Å². The predicted octanol–water partition coefficient (Wildman–Crippen LogP) is 3.40. The number of alkyl halides is 3. The Labute approximate surface area is 114 Å². The van der Waals surface area contributed by atoms with Crippen molar-refractivity contribution in [2.45, 2.75) is 43.9 Å². The zero-order chi connectivity index (χ0) is 14.8. The zero-order valence-corrected chi connectivity index (χ0v) is 10.8. The van der Waals surface area contributed by atoms with Crippen molar-refractivity contribution in [3.05, 3.63) is 29.8 Å². The number of rotatable bonds is 3. The Morgan fingerprint density at radius 3 is 2.25 bits per heavy atom. The van der Waals surface area contributed by atoms with Crippen LogP contribution in [-0.2, 0) is 9.53 Å². The maximum Gasteiger partial charge on any atom is 0.406 e. The molecule has 1 aliphatic rings. The van der Waals surface area contributed by atoms with Crippen LogP contribution in [0.15, 0.2) is 24.3 Å². The van der Waals surface area contributed by atoms with Gasteiger partial charge in [0.1, 0.15) is 6.10 Å². The van der Waals surface area contributed by atoms with Crippen LogP contribution in [0.1, 0.15) is 37.2 Å². The largest absolute Gasteiger partial charge is 0.462 e. The van der Waals surface area contributed by atoms with Crippen LogP contribution in [0.4, 0.5) is 18.9 Å². The van der Waals surface area contributed by atoms with Crippen molar-refractivity contribution in [1.29, 1.82) is 0 Å². The predicted molar refractivity (Wildman–Crippen MR) is 68.0 cm³/mol. The van der Waals surface area contributed by atoms with E-state index in [1.807, 2.05) is 0 Å². The van der Waals surface area contributed by atoms with E-state index in [0.717, 1.165) is 12.8 Å². The quantitative estimate of drug-likeness (QED) is 0.684. The van der Waals surface area contributed by atoms with Crippen LogP contribution in [0.2, 0.25) is 0 Å². The molecule has 1 aliphatic carbocycles. The number of halogens is 3. The number of carbonyl (C=O) groups excluding carboxylic acids is 1. The Morgan fingerprint density at radius 1 is 1.20 bits per heavy atom. The van der Waals surface area contributed by atoms with E-state index < -0.39 is 18.1 Å². The van der Waals surface area contributed by atoms with Gasteiger partial charge in [0.25, 0.3) is 0 Å². The fraction of sp³-hybridized carbons (Fsp3) is 0.500. The number of carbonyl (C=O) groups is 1. The maximum atomic E-state index is 13.1. The summed E-state index contributed by atoms with van der Waals surface area (Å²) in [6, 6.07) is 5.11. The second-order valence-electron chi connectivity index (χ2n) is 4.98. The summed E-state index contributed by atoms with van der Waals surface area (Å²) < 4.78 is 44.3. The minimum absolute atomic E-state index is 0.144. The molecule has 6 heteroatoms. The van der Waals surface area contributed by atoms with Crippen LogP contribution in [0, 0.1) is 0 Å². The molecular formula is C14H16F3NO2. The van der Waals surface area contributed by atoms with Crippen molar-refractivity contribution in [2.24, 2.45) is 0 Å². The topological polar surface area (TPSA) is 52.3 Å². The van der Waals surface area contributed by atoms with Crippen LogP contribution in [0.5, 0.6) is 0 Å². The fourth-order valence-corrected chi connectivity index (χ4v) is 2.39. The average Bonchev–Trinajstić information content (AvgIpc) is 2.83. The highest BCUT2D eigenvalue weighted by atomic mass is 19.4. The number of hydrogen-bond acceptors (Lipinski definition) is 3. The molecule has 0 bridgehead atoms. The molecule has 110 valence electrons. The highest BCUT2D eigenvalue weighted by Crippen LogP contribution is 2.37. The van der Waals surface area contributed by atoms with Gasteiger partial charge in [-0.2, -0.15) is 13.2 Å². The standard InChI is InChI=1S/C14H16F3NO2/c15-14(16,17)12(9-5-7-10(18)8-6-9)13(19)20-11-3-1-2-4-11/h5-8,11-12H,1-4,18H2. The number of benzene rings is 1. The van der Waals surface area contributed by atoms with E-state index in [1.54, 1.807) is 0 Å². The van der Waals surface area contributed by atoms with Crippen molar-refractivity contribution in [2.75, 3.05) is 5.73 Å². The molecule has 0 aliphatic heterocycles. The average molecular weight is 287 g/mol. The first-order chi connectivity index (χ1) is 9.38. The monoisotopic (exact) mass is 287 g/mol. The van der Waals surface area contributed by atoms with Crippen molar-refractivity contribution < 1.29 is 22.7 Å². The molecule has 2 N–H and O–H groups in total. The first-order valence-electron chi connectivity index (χ1n) is 6.50. The lowest BCUT2D eigenvalue weighted by Gasteiger charge is -2.21. The molecule has 0 spiro atoms. The Balaban J connectivity index is 2.18. The molecule has 2 rings (SSSR count). The minimum atomic E-state index is -4.67. The third-order valence-electron chi connectivity index (χ3n) is 3.42. The molecule has 3 nitrogen and oxygen atoms in total. The highest BCUT2D eigenvalue weighted by Gasteiger charge is 2.47.